The van der Waals surface area contributed by atoms with E-state index in [1.165, 1.54) is 0 Å². The molecule has 0 saturated heterocycles. The lowest BCUT2D eigenvalue weighted by Gasteiger charge is -2.27. The Bertz CT molecular complexity index is 809. The van der Waals surface area contributed by atoms with E-state index in [9.17, 15) is 9.59 Å². The minimum Gasteiger partial charge on any atom is -0.488 e. The van der Waals surface area contributed by atoms with Gasteiger partial charge in [-0.25, -0.2) is 0 Å². The highest BCUT2D eigenvalue weighted by Gasteiger charge is 2.27. The zero-order chi connectivity index (χ0) is 19.2. The molecule has 1 fully saturated rings. The van der Waals surface area contributed by atoms with Gasteiger partial charge in [-0.2, -0.15) is 0 Å². The van der Waals surface area contributed by atoms with Crippen LogP contribution in [0.4, 0.5) is 0 Å². The molecule has 5 nitrogen and oxygen atoms in total. The second kappa shape index (κ2) is 8.71. The number of hydrogen-bond donors (Lipinski definition) is 2. The van der Waals surface area contributed by atoms with E-state index in [2.05, 4.69) is 5.32 Å². The average Bonchev–Trinajstić information content (AvgIpc) is 2.68. The van der Waals surface area contributed by atoms with Crippen molar-refractivity contribution < 1.29 is 19.4 Å². The predicted molar refractivity (Wildman–Crippen MR) is 103 cm³/mol. The van der Waals surface area contributed by atoms with Crippen LogP contribution in [0.3, 0.4) is 0 Å². The van der Waals surface area contributed by atoms with Crippen molar-refractivity contribution in [2.24, 2.45) is 5.92 Å². The third-order valence-electron chi connectivity index (χ3n) is 5.19. The van der Waals surface area contributed by atoms with Gasteiger partial charge in [0, 0.05) is 6.04 Å². The minimum atomic E-state index is -0.741. The molecule has 0 bridgehead atoms. The monoisotopic (exact) mass is 367 g/mol. The van der Waals surface area contributed by atoms with Crippen molar-refractivity contribution in [3.8, 4) is 5.75 Å². The number of aryl methyl sites for hydroxylation is 1. The summed E-state index contributed by atoms with van der Waals surface area (Å²) in [5.41, 5.74) is 2.74. The van der Waals surface area contributed by atoms with Crippen molar-refractivity contribution >= 4 is 11.9 Å². The Morgan fingerprint density at radius 1 is 1.04 bits per heavy atom. The van der Waals surface area contributed by atoms with E-state index in [1.54, 1.807) is 12.1 Å². The number of para-hydroxylation sites is 1. The summed E-state index contributed by atoms with van der Waals surface area (Å²) in [5.74, 6) is -0.649. The van der Waals surface area contributed by atoms with Crippen molar-refractivity contribution in [3.63, 3.8) is 0 Å². The van der Waals surface area contributed by atoms with Gasteiger partial charge in [0.1, 0.15) is 12.4 Å². The maximum atomic E-state index is 12.7. The molecule has 1 aliphatic carbocycles. The topological polar surface area (TPSA) is 75.6 Å². The lowest BCUT2D eigenvalue weighted by atomic mass is 9.86. The van der Waals surface area contributed by atoms with Gasteiger partial charge in [0.15, 0.2) is 0 Å². The number of carboxylic acid groups (broad SMARTS) is 1. The molecule has 142 valence electrons. The van der Waals surface area contributed by atoms with Crippen molar-refractivity contribution in [1.82, 2.24) is 5.32 Å². The molecule has 0 atom stereocenters. The molecule has 27 heavy (non-hydrogen) atoms. The van der Waals surface area contributed by atoms with Crippen LogP contribution in [-0.2, 0) is 11.4 Å². The number of carbonyl (C=O) groups excluding carboxylic acids is 1. The Labute approximate surface area is 159 Å². The first-order valence-corrected chi connectivity index (χ1v) is 9.34. The molecule has 0 unspecified atom stereocenters. The van der Waals surface area contributed by atoms with Crippen LogP contribution in [0.2, 0.25) is 0 Å². The van der Waals surface area contributed by atoms with Gasteiger partial charge in [0.2, 0.25) is 0 Å². The number of aliphatic carboxylic acids is 1. The van der Waals surface area contributed by atoms with Crippen molar-refractivity contribution in [3.05, 3.63) is 65.2 Å². The highest BCUT2D eigenvalue weighted by Crippen LogP contribution is 2.26. The summed E-state index contributed by atoms with van der Waals surface area (Å²) in [6, 6.07) is 15.2. The molecular weight excluding hydrogens is 342 g/mol. The van der Waals surface area contributed by atoms with Gasteiger partial charge in [-0.3, -0.25) is 9.59 Å². The molecule has 0 radical (unpaired) electrons. The first-order chi connectivity index (χ1) is 13.0. The van der Waals surface area contributed by atoms with Crippen LogP contribution in [0.25, 0.3) is 0 Å². The summed E-state index contributed by atoms with van der Waals surface area (Å²) in [6.45, 7) is 2.44. The van der Waals surface area contributed by atoms with Gasteiger partial charge in [0.25, 0.3) is 5.91 Å². The molecule has 1 aliphatic rings. The quantitative estimate of drug-likeness (QED) is 0.811. The lowest BCUT2D eigenvalue weighted by molar-refractivity contribution is -0.142. The fraction of sp³-hybridized carbons (Fsp3) is 0.364. The number of nitrogens with one attached hydrogen (secondary N) is 1. The number of benzene rings is 2. The minimum absolute atomic E-state index is 0.0116. The maximum absolute atomic E-state index is 12.7. The molecule has 0 spiro atoms. The summed E-state index contributed by atoms with van der Waals surface area (Å²) in [4.78, 5) is 23.8. The molecule has 2 aromatic rings. The van der Waals surface area contributed by atoms with Crippen molar-refractivity contribution in [2.75, 3.05) is 0 Å². The number of amides is 1. The lowest BCUT2D eigenvalue weighted by Crippen LogP contribution is -2.38. The molecular formula is C22H25NO4. The van der Waals surface area contributed by atoms with Crippen LogP contribution >= 0.6 is 0 Å². The van der Waals surface area contributed by atoms with E-state index in [-0.39, 0.29) is 17.9 Å². The smallest absolute Gasteiger partial charge is 0.306 e. The predicted octanol–water partition coefficient (Wildman–Crippen LogP) is 3.95. The summed E-state index contributed by atoms with van der Waals surface area (Å²) in [7, 11) is 0. The SMILES string of the molecule is Cc1ccccc1COc1ccccc1C(=O)NC1CCC(C(=O)O)CC1. The van der Waals surface area contributed by atoms with Crippen molar-refractivity contribution in [1.29, 1.82) is 0 Å². The number of hydrogen-bond acceptors (Lipinski definition) is 3. The number of ether oxygens (including phenoxy) is 1. The molecule has 0 heterocycles. The van der Waals surface area contributed by atoms with Gasteiger partial charge in [-0.15, -0.1) is 0 Å². The number of carboxylic acids is 1. The zero-order valence-electron chi connectivity index (χ0n) is 15.5. The molecule has 2 N–H and O–H groups in total. The van der Waals surface area contributed by atoms with E-state index in [0.29, 0.717) is 43.6 Å². The Balaban J connectivity index is 1.62. The van der Waals surface area contributed by atoms with Gasteiger partial charge >= 0.3 is 5.97 Å². The van der Waals surface area contributed by atoms with Crippen LogP contribution in [0, 0.1) is 12.8 Å². The van der Waals surface area contributed by atoms with Crippen LogP contribution in [-0.4, -0.2) is 23.0 Å². The first kappa shape index (κ1) is 19.0. The molecule has 3 rings (SSSR count). The molecule has 0 aliphatic heterocycles. The van der Waals surface area contributed by atoms with Crippen LogP contribution in [0.1, 0.15) is 47.2 Å². The normalized spacial score (nSPS) is 19.3. The maximum Gasteiger partial charge on any atom is 0.306 e. The standard InChI is InChI=1S/C22H25NO4/c1-15-6-2-3-7-17(15)14-27-20-9-5-4-8-19(20)21(24)23-18-12-10-16(11-13-18)22(25)26/h2-9,16,18H,10-14H2,1H3,(H,23,24)(H,25,26). The Hall–Kier alpha value is -2.82. The van der Waals surface area contributed by atoms with E-state index >= 15 is 0 Å². The molecule has 1 saturated carbocycles. The fourth-order valence-corrected chi connectivity index (χ4v) is 3.46. The second-order valence-electron chi connectivity index (χ2n) is 7.07. The van der Waals surface area contributed by atoms with Crippen molar-refractivity contribution in [2.45, 2.75) is 45.3 Å². The van der Waals surface area contributed by atoms with Gasteiger partial charge < -0.3 is 15.2 Å². The summed E-state index contributed by atoms with van der Waals surface area (Å²) < 4.78 is 5.92. The van der Waals surface area contributed by atoms with Gasteiger partial charge in [-0.1, -0.05) is 36.4 Å². The molecule has 1 amide bonds. The largest absolute Gasteiger partial charge is 0.488 e. The third kappa shape index (κ3) is 4.88. The van der Waals surface area contributed by atoms with Gasteiger partial charge in [0.05, 0.1) is 11.5 Å². The number of carbonyl (C=O) groups is 2. The average molecular weight is 367 g/mol. The Morgan fingerprint density at radius 2 is 1.70 bits per heavy atom. The summed E-state index contributed by atoms with van der Waals surface area (Å²) in [6.07, 6.45) is 2.58. The zero-order valence-corrected chi connectivity index (χ0v) is 15.5. The Kier molecular flexibility index (Phi) is 6.12. The third-order valence-corrected chi connectivity index (χ3v) is 5.19. The van der Waals surface area contributed by atoms with Crippen LogP contribution < -0.4 is 10.1 Å². The van der Waals surface area contributed by atoms with Gasteiger partial charge in [-0.05, 0) is 55.9 Å². The summed E-state index contributed by atoms with van der Waals surface area (Å²) in [5, 5.41) is 12.1. The van der Waals surface area contributed by atoms with E-state index in [1.807, 2.05) is 43.3 Å². The summed E-state index contributed by atoms with van der Waals surface area (Å²) >= 11 is 0. The van der Waals surface area contributed by atoms with Crippen LogP contribution in [0.5, 0.6) is 5.75 Å². The molecule has 0 aromatic heterocycles. The highest BCUT2D eigenvalue weighted by molar-refractivity contribution is 5.97. The fourth-order valence-electron chi connectivity index (χ4n) is 3.46. The van der Waals surface area contributed by atoms with E-state index in [4.69, 9.17) is 9.84 Å². The number of rotatable bonds is 6. The highest BCUT2D eigenvalue weighted by atomic mass is 16.5. The van der Waals surface area contributed by atoms with E-state index in [0.717, 1.165) is 11.1 Å². The Morgan fingerprint density at radius 3 is 2.41 bits per heavy atom. The second-order valence-corrected chi connectivity index (χ2v) is 7.07. The van der Waals surface area contributed by atoms with Crippen LogP contribution in [0.15, 0.2) is 48.5 Å². The molecule has 2 aromatic carbocycles. The first-order valence-electron chi connectivity index (χ1n) is 9.34. The molecule has 5 heteroatoms. The van der Waals surface area contributed by atoms with E-state index < -0.39 is 5.97 Å².